The van der Waals surface area contributed by atoms with Crippen molar-refractivity contribution in [2.45, 2.75) is 27.3 Å². The van der Waals surface area contributed by atoms with Crippen molar-refractivity contribution in [3.63, 3.8) is 0 Å². The molecule has 0 atom stereocenters. The van der Waals surface area contributed by atoms with E-state index in [0.717, 1.165) is 38.5 Å². The number of hydrogen-bond donors (Lipinski definition) is 1. The van der Waals surface area contributed by atoms with E-state index in [1.165, 1.54) is 11.3 Å². The van der Waals surface area contributed by atoms with Crippen molar-refractivity contribution in [1.29, 1.82) is 0 Å². The lowest BCUT2D eigenvalue weighted by atomic mass is 9.96. The predicted molar refractivity (Wildman–Crippen MR) is 76.3 cm³/mol. The maximum Gasteiger partial charge on any atom is 0.231 e. The Hall–Kier alpha value is -0.980. The van der Waals surface area contributed by atoms with Gasteiger partial charge in [-0.15, -0.1) is 11.3 Å². The zero-order valence-corrected chi connectivity index (χ0v) is 12.5. The standard InChI is InChI=1S/C13H21N3O2S/c1-13(2,3)11(17)15-12-14-10(9-19-12)8-16-4-6-18-7-5-16/h9H,4-8H2,1-3H3,(H,14,15,17). The van der Waals surface area contributed by atoms with Crippen LogP contribution in [0, 0.1) is 5.41 Å². The van der Waals surface area contributed by atoms with E-state index in [0.29, 0.717) is 5.13 Å². The molecule has 106 valence electrons. The molecular weight excluding hydrogens is 262 g/mol. The van der Waals surface area contributed by atoms with Crippen LogP contribution in [0.1, 0.15) is 26.5 Å². The number of nitrogens with zero attached hydrogens (tertiary/aromatic N) is 2. The van der Waals surface area contributed by atoms with Gasteiger partial charge in [-0.2, -0.15) is 0 Å². The molecule has 1 aliphatic heterocycles. The number of nitrogens with one attached hydrogen (secondary N) is 1. The number of morpholine rings is 1. The highest BCUT2D eigenvalue weighted by molar-refractivity contribution is 7.13. The van der Waals surface area contributed by atoms with Crippen LogP contribution in [0.3, 0.4) is 0 Å². The third-order valence-corrected chi connectivity index (χ3v) is 3.75. The highest BCUT2D eigenvalue weighted by Gasteiger charge is 2.22. The number of rotatable bonds is 3. The summed E-state index contributed by atoms with van der Waals surface area (Å²) in [5.41, 5.74) is 0.617. The summed E-state index contributed by atoms with van der Waals surface area (Å²) >= 11 is 1.48. The van der Waals surface area contributed by atoms with Gasteiger partial charge in [0.1, 0.15) is 0 Å². The van der Waals surface area contributed by atoms with Gasteiger partial charge in [0.25, 0.3) is 0 Å². The summed E-state index contributed by atoms with van der Waals surface area (Å²) in [5, 5.41) is 5.56. The van der Waals surface area contributed by atoms with Gasteiger partial charge in [0, 0.05) is 30.4 Å². The van der Waals surface area contributed by atoms with Gasteiger partial charge in [-0.3, -0.25) is 9.69 Å². The first-order chi connectivity index (χ1) is 8.95. The fourth-order valence-electron chi connectivity index (χ4n) is 1.71. The second-order valence-electron chi connectivity index (χ2n) is 5.74. The van der Waals surface area contributed by atoms with Crippen LogP contribution < -0.4 is 5.32 Å². The van der Waals surface area contributed by atoms with Gasteiger partial charge < -0.3 is 10.1 Å². The first-order valence-corrected chi connectivity index (χ1v) is 7.39. The SMILES string of the molecule is CC(C)(C)C(=O)Nc1nc(CN2CCOCC2)cs1. The second-order valence-corrected chi connectivity index (χ2v) is 6.59. The van der Waals surface area contributed by atoms with Crippen LogP contribution in [-0.4, -0.2) is 42.1 Å². The Morgan fingerprint density at radius 2 is 2.16 bits per heavy atom. The number of carbonyl (C=O) groups is 1. The van der Waals surface area contributed by atoms with E-state index in [2.05, 4.69) is 15.2 Å². The lowest BCUT2D eigenvalue weighted by Gasteiger charge is -2.25. The number of anilines is 1. The van der Waals surface area contributed by atoms with E-state index in [1.807, 2.05) is 26.2 Å². The number of aromatic nitrogens is 1. The summed E-state index contributed by atoms with van der Waals surface area (Å²) < 4.78 is 5.32. The molecule has 0 spiro atoms. The Morgan fingerprint density at radius 1 is 1.47 bits per heavy atom. The molecule has 0 aliphatic carbocycles. The Balaban J connectivity index is 1.89. The van der Waals surface area contributed by atoms with E-state index in [1.54, 1.807) is 0 Å². The molecule has 1 fully saturated rings. The third-order valence-electron chi connectivity index (χ3n) is 2.94. The summed E-state index contributed by atoms with van der Waals surface area (Å²) in [5.74, 6) is -0.000211. The van der Waals surface area contributed by atoms with E-state index >= 15 is 0 Å². The van der Waals surface area contributed by atoms with Crippen molar-refractivity contribution in [2.75, 3.05) is 31.6 Å². The minimum absolute atomic E-state index is 0.000211. The molecule has 0 bridgehead atoms. The quantitative estimate of drug-likeness (QED) is 0.921. The van der Waals surface area contributed by atoms with Crippen LogP contribution in [0.25, 0.3) is 0 Å². The number of amides is 1. The average Bonchev–Trinajstić information content (AvgIpc) is 2.76. The van der Waals surface area contributed by atoms with Crippen LogP contribution in [-0.2, 0) is 16.1 Å². The monoisotopic (exact) mass is 283 g/mol. The Kier molecular flexibility index (Phi) is 4.54. The van der Waals surface area contributed by atoms with E-state index in [-0.39, 0.29) is 5.91 Å². The van der Waals surface area contributed by atoms with Crippen LogP contribution in [0.15, 0.2) is 5.38 Å². The van der Waals surface area contributed by atoms with Crippen molar-refractivity contribution in [1.82, 2.24) is 9.88 Å². The molecule has 2 heterocycles. The highest BCUT2D eigenvalue weighted by Crippen LogP contribution is 2.21. The van der Waals surface area contributed by atoms with Gasteiger partial charge in [0.2, 0.25) is 5.91 Å². The number of ether oxygens (including phenoxy) is 1. The lowest BCUT2D eigenvalue weighted by molar-refractivity contribution is -0.123. The molecule has 19 heavy (non-hydrogen) atoms. The zero-order chi connectivity index (χ0) is 13.9. The maximum atomic E-state index is 11.9. The van der Waals surface area contributed by atoms with E-state index in [4.69, 9.17) is 4.74 Å². The average molecular weight is 283 g/mol. The van der Waals surface area contributed by atoms with Crippen LogP contribution >= 0.6 is 11.3 Å². The van der Waals surface area contributed by atoms with Crippen LogP contribution in [0.5, 0.6) is 0 Å². The molecule has 6 heteroatoms. The van der Waals surface area contributed by atoms with Gasteiger partial charge in [-0.25, -0.2) is 4.98 Å². The van der Waals surface area contributed by atoms with Crippen molar-refractivity contribution in [3.8, 4) is 0 Å². The highest BCUT2D eigenvalue weighted by atomic mass is 32.1. The molecular formula is C13H21N3O2S. The Labute approximate surface area is 118 Å². The van der Waals surface area contributed by atoms with Gasteiger partial charge in [-0.1, -0.05) is 20.8 Å². The number of thiazole rings is 1. The molecule has 0 unspecified atom stereocenters. The Bertz CT molecular complexity index is 433. The Morgan fingerprint density at radius 3 is 2.79 bits per heavy atom. The van der Waals surface area contributed by atoms with E-state index in [9.17, 15) is 4.79 Å². The van der Waals surface area contributed by atoms with Crippen molar-refractivity contribution >= 4 is 22.4 Å². The molecule has 1 amide bonds. The van der Waals surface area contributed by atoms with Crippen LogP contribution in [0.2, 0.25) is 0 Å². The van der Waals surface area contributed by atoms with Gasteiger partial charge in [0.15, 0.2) is 5.13 Å². The molecule has 1 aromatic heterocycles. The summed E-state index contributed by atoms with van der Waals surface area (Å²) in [7, 11) is 0. The minimum Gasteiger partial charge on any atom is -0.379 e. The number of hydrogen-bond acceptors (Lipinski definition) is 5. The summed E-state index contributed by atoms with van der Waals surface area (Å²) in [4.78, 5) is 18.6. The number of carbonyl (C=O) groups excluding carboxylic acids is 1. The van der Waals surface area contributed by atoms with Gasteiger partial charge >= 0.3 is 0 Å². The maximum absolute atomic E-state index is 11.9. The first kappa shape index (κ1) is 14.4. The zero-order valence-electron chi connectivity index (χ0n) is 11.7. The minimum atomic E-state index is -0.393. The third kappa shape index (κ3) is 4.26. The second kappa shape index (κ2) is 5.98. The van der Waals surface area contributed by atoms with E-state index < -0.39 is 5.41 Å². The largest absolute Gasteiger partial charge is 0.379 e. The van der Waals surface area contributed by atoms with Crippen molar-refractivity contribution < 1.29 is 9.53 Å². The molecule has 0 saturated carbocycles. The molecule has 0 aromatic carbocycles. The molecule has 0 radical (unpaired) electrons. The smallest absolute Gasteiger partial charge is 0.231 e. The fourth-order valence-corrected chi connectivity index (χ4v) is 2.41. The van der Waals surface area contributed by atoms with Gasteiger partial charge in [-0.05, 0) is 0 Å². The summed E-state index contributed by atoms with van der Waals surface area (Å²) in [6.07, 6.45) is 0. The lowest BCUT2D eigenvalue weighted by Crippen LogP contribution is -2.35. The van der Waals surface area contributed by atoms with Crippen molar-refractivity contribution in [2.24, 2.45) is 5.41 Å². The van der Waals surface area contributed by atoms with Gasteiger partial charge in [0.05, 0.1) is 18.9 Å². The molecule has 2 rings (SSSR count). The summed E-state index contributed by atoms with van der Waals surface area (Å²) in [6, 6.07) is 0. The molecule has 1 saturated heterocycles. The molecule has 1 aromatic rings. The summed E-state index contributed by atoms with van der Waals surface area (Å²) in [6.45, 7) is 9.98. The normalized spacial score (nSPS) is 17.4. The van der Waals surface area contributed by atoms with Crippen LogP contribution in [0.4, 0.5) is 5.13 Å². The topological polar surface area (TPSA) is 54.5 Å². The molecule has 1 aliphatic rings. The predicted octanol–water partition coefficient (Wildman–Crippen LogP) is 1.96. The van der Waals surface area contributed by atoms with Crippen molar-refractivity contribution in [3.05, 3.63) is 11.1 Å². The molecule has 1 N–H and O–H groups in total. The molecule has 5 nitrogen and oxygen atoms in total. The first-order valence-electron chi connectivity index (χ1n) is 6.51. The fraction of sp³-hybridized carbons (Fsp3) is 0.692.